The van der Waals surface area contributed by atoms with Gasteiger partial charge < -0.3 is 14.8 Å². The Bertz CT molecular complexity index is 977. The zero-order valence-corrected chi connectivity index (χ0v) is 15.6. The highest BCUT2D eigenvalue weighted by Crippen LogP contribution is 2.29. The van der Waals surface area contributed by atoms with Crippen molar-refractivity contribution in [1.29, 1.82) is 0 Å². The standard InChI is InChI=1S/C20H19NO4S/c1-4-25-16-7-5-13(9-12(16)2)19(22)21-15-6-8-17-14(10-15)11-18(26-17)20(23)24-3/h5-11H,4H2,1-3H3,(H,21,22). The van der Waals surface area contributed by atoms with E-state index in [4.69, 9.17) is 9.47 Å². The third-order valence-electron chi connectivity index (χ3n) is 3.90. The van der Waals surface area contributed by atoms with Gasteiger partial charge in [0.05, 0.1) is 13.7 Å². The molecule has 0 saturated carbocycles. The average Bonchev–Trinajstić information content (AvgIpc) is 3.06. The number of benzene rings is 2. The monoisotopic (exact) mass is 369 g/mol. The van der Waals surface area contributed by atoms with Crippen molar-refractivity contribution in [3.8, 4) is 5.75 Å². The molecule has 3 rings (SSSR count). The fraction of sp³-hybridized carbons (Fsp3) is 0.200. The van der Waals surface area contributed by atoms with Crippen LogP contribution in [0.3, 0.4) is 0 Å². The van der Waals surface area contributed by atoms with Crippen LogP contribution in [0.5, 0.6) is 5.75 Å². The first-order valence-corrected chi connectivity index (χ1v) is 9.00. The average molecular weight is 369 g/mol. The molecule has 0 aliphatic rings. The topological polar surface area (TPSA) is 64.6 Å². The summed E-state index contributed by atoms with van der Waals surface area (Å²) in [4.78, 5) is 24.7. The highest BCUT2D eigenvalue weighted by Gasteiger charge is 2.12. The van der Waals surface area contributed by atoms with E-state index >= 15 is 0 Å². The molecule has 3 aromatic rings. The van der Waals surface area contributed by atoms with Gasteiger partial charge in [-0.1, -0.05) is 0 Å². The molecule has 0 radical (unpaired) electrons. The fourth-order valence-corrected chi connectivity index (χ4v) is 3.59. The van der Waals surface area contributed by atoms with E-state index in [9.17, 15) is 9.59 Å². The number of hydrogen-bond acceptors (Lipinski definition) is 5. The molecule has 0 saturated heterocycles. The second-order valence-electron chi connectivity index (χ2n) is 5.72. The van der Waals surface area contributed by atoms with Crippen LogP contribution in [0.4, 0.5) is 5.69 Å². The zero-order chi connectivity index (χ0) is 18.7. The number of carbonyl (C=O) groups is 2. The predicted molar refractivity (Wildman–Crippen MR) is 103 cm³/mol. The Morgan fingerprint density at radius 1 is 1.12 bits per heavy atom. The van der Waals surface area contributed by atoms with Crippen LogP contribution in [0.1, 0.15) is 32.5 Å². The minimum Gasteiger partial charge on any atom is -0.494 e. The Morgan fingerprint density at radius 3 is 2.62 bits per heavy atom. The van der Waals surface area contributed by atoms with Crippen molar-refractivity contribution < 1.29 is 19.1 Å². The largest absolute Gasteiger partial charge is 0.494 e. The summed E-state index contributed by atoms with van der Waals surface area (Å²) in [5, 5.41) is 3.78. The van der Waals surface area contributed by atoms with Gasteiger partial charge in [-0.15, -0.1) is 11.3 Å². The predicted octanol–water partition coefficient (Wildman–Crippen LogP) is 4.65. The molecule has 0 fully saturated rings. The molecule has 1 N–H and O–H groups in total. The Kier molecular flexibility index (Phi) is 5.23. The van der Waals surface area contributed by atoms with Gasteiger partial charge in [0.1, 0.15) is 10.6 Å². The minimum atomic E-state index is -0.360. The highest BCUT2D eigenvalue weighted by molar-refractivity contribution is 7.20. The molecule has 0 unspecified atom stereocenters. The van der Waals surface area contributed by atoms with E-state index in [0.717, 1.165) is 21.4 Å². The minimum absolute atomic E-state index is 0.195. The van der Waals surface area contributed by atoms with Gasteiger partial charge in [-0.2, -0.15) is 0 Å². The SMILES string of the molecule is CCOc1ccc(C(=O)Nc2ccc3sc(C(=O)OC)cc3c2)cc1C. The molecule has 0 aliphatic carbocycles. The van der Waals surface area contributed by atoms with Crippen molar-refractivity contribution >= 4 is 39.0 Å². The lowest BCUT2D eigenvalue weighted by atomic mass is 10.1. The number of hydrogen-bond donors (Lipinski definition) is 1. The Morgan fingerprint density at radius 2 is 1.92 bits per heavy atom. The number of anilines is 1. The number of aryl methyl sites for hydroxylation is 1. The maximum atomic E-state index is 12.5. The molecule has 1 aromatic heterocycles. The maximum absolute atomic E-state index is 12.5. The number of methoxy groups -OCH3 is 1. The Balaban J connectivity index is 1.80. The summed E-state index contributed by atoms with van der Waals surface area (Å²) in [6, 6.07) is 12.7. The first kappa shape index (κ1) is 17.9. The lowest BCUT2D eigenvalue weighted by molar-refractivity contribution is 0.0606. The van der Waals surface area contributed by atoms with E-state index in [2.05, 4.69) is 5.32 Å². The van der Waals surface area contributed by atoms with E-state index in [-0.39, 0.29) is 11.9 Å². The summed E-state index contributed by atoms with van der Waals surface area (Å²) in [5.41, 5.74) is 2.14. The lowest BCUT2D eigenvalue weighted by Gasteiger charge is -2.10. The second-order valence-corrected chi connectivity index (χ2v) is 6.81. The summed E-state index contributed by atoms with van der Waals surface area (Å²) in [6.45, 7) is 4.42. The molecule has 0 atom stereocenters. The second kappa shape index (κ2) is 7.58. The molecule has 1 amide bonds. The third kappa shape index (κ3) is 3.70. The summed E-state index contributed by atoms with van der Waals surface area (Å²) in [7, 11) is 1.36. The smallest absolute Gasteiger partial charge is 0.348 e. The van der Waals surface area contributed by atoms with Crippen molar-refractivity contribution in [2.75, 3.05) is 19.0 Å². The molecular weight excluding hydrogens is 350 g/mol. The van der Waals surface area contributed by atoms with Crippen LogP contribution in [0.25, 0.3) is 10.1 Å². The van der Waals surface area contributed by atoms with E-state index in [0.29, 0.717) is 22.7 Å². The number of carbonyl (C=O) groups excluding carboxylic acids is 2. The van der Waals surface area contributed by atoms with Gasteiger partial charge in [0, 0.05) is 16.0 Å². The number of thiophene rings is 1. The molecule has 6 heteroatoms. The number of esters is 1. The first-order valence-electron chi connectivity index (χ1n) is 8.18. The highest BCUT2D eigenvalue weighted by atomic mass is 32.1. The summed E-state index contributed by atoms with van der Waals surface area (Å²) >= 11 is 1.36. The van der Waals surface area contributed by atoms with Crippen LogP contribution in [0, 0.1) is 6.92 Å². The maximum Gasteiger partial charge on any atom is 0.348 e. The van der Waals surface area contributed by atoms with Crippen LogP contribution in [-0.4, -0.2) is 25.6 Å². The van der Waals surface area contributed by atoms with Gasteiger partial charge in [-0.05, 0) is 67.3 Å². The molecule has 134 valence electrons. The number of rotatable bonds is 5. The van der Waals surface area contributed by atoms with Gasteiger partial charge in [-0.25, -0.2) is 4.79 Å². The molecule has 26 heavy (non-hydrogen) atoms. The molecule has 0 bridgehead atoms. The van der Waals surface area contributed by atoms with Gasteiger partial charge in [-0.3, -0.25) is 4.79 Å². The summed E-state index contributed by atoms with van der Waals surface area (Å²) in [5.74, 6) is 0.222. The molecule has 1 heterocycles. The summed E-state index contributed by atoms with van der Waals surface area (Å²) < 4.78 is 11.2. The molecular formula is C20H19NO4S. The van der Waals surface area contributed by atoms with Crippen molar-refractivity contribution in [3.63, 3.8) is 0 Å². The van der Waals surface area contributed by atoms with Crippen LogP contribution in [0.15, 0.2) is 42.5 Å². The Labute approximate surface area is 155 Å². The molecule has 5 nitrogen and oxygen atoms in total. The zero-order valence-electron chi connectivity index (χ0n) is 14.8. The number of ether oxygens (including phenoxy) is 2. The van der Waals surface area contributed by atoms with Crippen molar-refractivity contribution in [2.24, 2.45) is 0 Å². The van der Waals surface area contributed by atoms with E-state index < -0.39 is 0 Å². The fourth-order valence-electron chi connectivity index (χ4n) is 2.63. The number of fused-ring (bicyclic) bond motifs is 1. The lowest BCUT2D eigenvalue weighted by Crippen LogP contribution is -2.12. The molecule has 0 spiro atoms. The third-order valence-corrected chi connectivity index (χ3v) is 4.99. The Hall–Kier alpha value is -2.86. The first-order chi connectivity index (χ1) is 12.5. The van der Waals surface area contributed by atoms with E-state index in [1.54, 1.807) is 24.3 Å². The van der Waals surface area contributed by atoms with Crippen LogP contribution >= 0.6 is 11.3 Å². The normalized spacial score (nSPS) is 10.6. The van der Waals surface area contributed by atoms with Crippen molar-refractivity contribution in [1.82, 2.24) is 0 Å². The van der Waals surface area contributed by atoms with Crippen molar-refractivity contribution in [3.05, 3.63) is 58.5 Å². The number of amides is 1. The van der Waals surface area contributed by atoms with E-state index in [1.165, 1.54) is 18.4 Å². The number of nitrogens with one attached hydrogen (secondary N) is 1. The summed E-state index contributed by atoms with van der Waals surface area (Å²) in [6.07, 6.45) is 0. The molecule has 0 aliphatic heterocycles. The van der Waals surface area contributed by atoms with Crippen LogP contribution < -0.4 is 10.1 Å². The van der Waals surface area contributed by atoms with Gasteiger partial charge in [0.15, 0.2) is 0 Å². The van der Waals surface area contributed by atoms with E-state index in [1.807, 2.05) is 32.0 Å². The van der Waals surface area contributed by atoms with Crippen molar-refractivity contribution in [2.45, 2.75) is 13.8 Å². The molecule has 2 aromatic carbocycles. The van der Waals surface area contributed by atoms with Gasteiger partial charge in [0.25, 0.3) is 5.91 Å². The quantitative estimate of drug-likeness (QED) is 0.665. The van der Waals surface area contributed by atoms with Crippen LogP contribution in [-0.2, 0) is 4.74 Å². The van der Waals surface area contributed by atoms with Gasteiger partial charge in [0.2, 0.25) is 0 Å². The van der Waals surface area contributed by atoms with Gasteiger partial charge >= 0.3 is 5.97 Å². The van der Waals surface area contributed by atoms with Crippen LogP contribution in [0.2, 0.25) is 0 Å².